The number of aliphatic hydroxyl groups is 5. The lowest BCUT2D eigenvalue weighted by Crippen LogP contribution is -2.60. The molecule has 0 amide bonds. The maximum atomic E-state index is 10.5. The Balaban J connectivity index is 1.31. The third-order valence-electron chi connectivity index (χ3n) is 10.9. The highest BCUT2D eigenvalue weighted by molar-refractivity contribution is 5.25. The molecule has 0 spiro atoms. The molecule has 0 aromatic carbocycles. The molecule has 0 unspecified atom stereocenters. The van der Waals surface area contributed by atoms with Gasteiger partial charge in [-0.05, 0) is 92.8 Å². The molecule has 1 heterocycles. The highest BCUT2D eigenvalue weighted by atomic mass is 16.7. The Kier molecular flexibility index (Phi) is 6.71. The molecule has 1 saturated heterocycles. The fourth-order valence-corrected chi connectivity index (χ4v) is 8.94. The van der Waals surface area contributed by atoms with Crippen molar-refractivity contribution in [2.75, 3.05) is 6.61 Å². The van der Waals surface area contributed by atoms with Crippen LogP contribution >= 0.6 is 0 Å². The molecular weight excluding hydrogens is 436 g/mol. The summed E-state index contributed by atoms with van der Waals surface area (Å²) in [5.41, 5.74) is 1.86. The summed E-state index contributed by atoms with van der Waals surface area (Å²) in [6.07, 6.45) is 4.47. The van der Waals surface area contributed by atoms with Gasteiger partial charge in [-0.15, -0.1) is 0 Å². The van der Waals surface area contributed by atoms with Crippen LogP contribution in [0.2, 0.25) is 0 Å². The van der Waals surface area contributed by atoms with E-state index in [9.17, 15) is 25.5 Å². The van der Waals surface area contributed by atoms with Crippen molar-refractivity contribution in [2.24, 2.45) is 34.5 Å². The summed E-state index contributed by atoms with van der Waals surface area (Å²) < 4.78 is 11.8. The van der Waals surface area contributed by atoms with Crippen LogP contribution in [-0.2, 0) is 9.47 Å². The van der Waals surface area contributed by atoms with Gasteiger partial charge in [-0.25, -0.2) is 0 Å². The van der Waals surface area contributed by atoms with Crippen molar-refractivity contribution in [1.82, 2.24) is 0 Å². The van der Waals surface area contributed by atoms with E-state index >= 15 is 0 Å². The molecule has 0 aromatic heterocycles. The quantitative estimate of drug-likeness (QED) is 0.391. The second-order valence-electron chi connectivity index (χ2n) is 12.4. The Labute approximate surface area is 203 Å². The monoisotopic (exact) mass is 480 g/mol. The molecule has 1 aliphatic heterocycles. The van der Waals surface area contributed by atoms with Gasteiger partial charge in [0.05, 0.1) is 18.8 Å². The Bertz CT molecular complexity index is 785. The topological polar surface area (TPSA) is 120 Å². The first kappa shape index (κ1) is 25.1. The lowest BCUT2D eigenvalue weighted by molar-refractivity contribution is -0.315. The molecule has 3 saturated carbocycles. The van der Waals surface area contributed by atoms with Crippen LogP contribution in [0.1, 0.15) is 72.1 Å². The van der Waals surface area contributed by atoms with Crippen LogP contribution in [0.4, 0.5) is 0 Å². The van der Waals surface area contributed by atoms with Crippen molar-refractivity contribution in [2.45, 2.75) is 115 Å². The minimum Gasteiger partial charge on any atom is -0.394 e. The van der Waals surface area contributed by atoms with E-state index in [2.05, 4.69) is 19.9 Å². The molecular formula is C27H44O7. The standard InChI is InChI=1S/C27H44O7/c1-14(33-25-24(32)23(31)22(30)21(13-28)34-25)18-6-7-19-17-5-4-15-12-16(29)8-10-26(15,2)20(17)9-11-27(18,19)3/h4,14,16-25,28-32H,5-13H2,1-3H3/t14-,16-,17+,18-,19-,20+,21-,22+,23+,24-,25-,26+,27-/m1/s1. The van der Waals surface area contributed by atoms with Crippen LogP contribution in [-0.4, -0.2) is 75.1 Å². The predicted molar refractivity (Wildman–Crippen MR) is 126 cm³/mol. The molecule has 194 valence electrons. The van der Waals surface area contributed by atoms with Crippen molar-refractivity contribution >= 4 is 0 Å². The van der Waals surface area contributed by atoms with Crippen molar-refractivity contribution < 1.29 is 35.0 Å². The zero-order chi connectivity index (χ0) is 24.4. The van der Waals surface area contributed by atoms with Gasteiger partial charge in [-0.3, -0.25) is 0 Å². The summed E-state index contributed by atoms with van der Waals surface area (Å²) in [7, 11) is 0. The van der Waals surface area contributed by atoms with Crippen LogP contribution in [0.25, 0.3) is 0 Å². The maximum absolute atomic E-state index is 10.5. The van der Waals surface area contributed by atoms with E-state index in [1.807, 2.05) is 6.92 Å². The summed E-state index contributed by atoms with van der Waals surface area (Å²) in [5.74, 6) is 2.28. The van der Waals surface area contributed by atoms with Gasteiger partial charge in [-0.2, -0.15) is 0 Å². The number of hydrogen-bond donors (Lipinski definition) is 5. The van der Waals surface area contributed by atoms with Gasteiger partial charge in [0, 0.05) is 0 Å². The van der Waals surface area contributed by atoms with Crippen LogP contribution in [0, 0.1) is 34.5 Å². The molecule has 5 rings (SSSR count). The normalized spacial score (nSPS) is 53.9. The third kappa shape index (κ3) is 3.82. The maximum Gasteiger partial charge on any atom is 0.186 e. The molecule has 5 N–H and O–H groups in total. The minimum atomic E-state index is -1.41. The first-order chi connectivity index (χ1) is 16.1. The molecule has 7 nitrogen and oxygen atoms in total. The Morgan fingerprint density at radius 3 is 2.50 bits per heavy atom. The smallest absolute Gasteiger partial charge is 0.186 e. The highest BCUT2D eigenvalue weighted by Gasteiger charge is 2.59. The van der Waals surface area contributed by atoms with E-state index < -0.39 is 37.3 Å². The Morgan fingerprint density at radius 1 is 1.00 bits per heavy atom. The average molecular weight is 481 g/mol. The molecule has 5 aliphatic rings. The zero-order valence-electron chi connectivity index (χ0n) is 20.8. The highest BCUT2D eigenvalue weighted by Crippen LogP contribution is 2.66. The number of rotatable bonds is 4. The van der Waals surface area contributed by atoms with E-state index in [0.717, 1.165) is 38.5 Å². The summed E-state index contributed by atoms with van der Waals surface area (Å²) in [5, 5.41) is 50.4. The van der Waals surface area contributed by atoms with E-state index in [1.54, 1.807) is 0 Å². The Morgan fingerprint density at radius 2 is 1.76 bits per heavy atom. The molecule has 34 heavy (non-hydrogen) atoms. The van der Waals surface area contributed by atoms with Crippen LogP contribution in [0.5, 0.6) is 0 Å². The van der Waals surface area contributed by atoms with E-state index in [0.29, 0.717) is 23.7 Å². The van der Waals surface area contributed by atoms with Gasteiger partial charge in [0.2, 0.25) is 0 Å². The number of allylic oxidation sites excluding steroid dienone is 1. The first-order valence-electron chi connectivity index (χ1n) is 13.4. The first-order valence-corrected chi connectivity index (χ1v) is 13.4. The Hall–Kier alpha value is -0.540. The molecule has 0 radical (unpaired) electrons. The van der Waals surface area contributed by atoms with Gasteiger partial charge < -0.3 is 35.0 Å². The predicted octanol–water partition coefficient (Wildman–Crippen LogP) is 2.13. The number of ether oxygens (including phenoxy) is 2. The van der Waals surface area contributed by atoms with E-state index in [1.165, 1.54) is 18.4 Å². The van der Waals surface area contributed by atoms with E-state index in [-0.39, 0.29) is 23.0 Å². The van der Waals surface area contributed by atoms with Gasteiger partial charge >= 0.3 is 0 Å². The average Bonchev–Trinajstić information content (AvgIpc) is 3.17. The zero-order valence-corrected chi connectivity index (χ0v) is 20.8. The lowest BCUT2D eigenvalue weighted by Gasteiger charge is -2.58. The van der Waals surface area contributed by atoms with Crippen molar-refractivity contribution in [3.8, 4) is 0 Å². The van der Waals surface area contributed by atoms with Crippen molar-refractivity contribution in [3.05, 3.63) is 11.6 Å². The number of hydrogen-bond acceptors (Lipinski definition) is 7. The van der Waals surface area contributed by atoms with Gasteiger partial charge in [0.15, 0.2) is 6.29 Å². The van der Waals surface area contributed by atoms with E-state index in [4.69, 9.17) is 9.47 Å². The lowest BCUT2D eigenvalue weighted by atomic mass is 9.47. The van der Waals surface area contributed by atoms with Gasteiger partial charge in [0.1, 0.15) is 24.4 Å². The largest absolute Gasteiger partial charge is 0.394 e. The van der Waals surface area contributed by atoms with Gasteiger partial charge in [-0.1, -0.05) is 25.5 Å². The molecule has 13 atom stereocenters. The summed E-state index contributed by atoms with van der Waals surface area (Å²) >= 11 is 0. The molecule has 0 bridgehead atoms. The van der Waals surface area contributed by atoms with Gasteiger partial charge in [0.25, 0.3) is 0 Å². The van der Waals surface area contributed by atoms with Crippen molar-refractivity contribution in [3.63, 3.8) is 0 Å². The number of aliphatic hydroxyl groups excluding tert-OH is 5. The molecule has 7 heteroatoms. The molecule has 4 aliphatic carbocycles. The van der Waals surface area contributed by atoms with Crippen LogP contribution < -0.4 is 0 Å². The van der Waals surface area contributed by atoms with Crippen LogP contribution in [0.15, 0.2) is 11.6 Å². The third-order valence-corrected chi connectivity index (χ3v) is 10.9. The van der Waals surface area contributed by atoms with Crippen molar-refractivity contribution in [1.29, 1.82) is 0 Å². The molecule has 0 aromatic rings. The molecule has 4 fully saturated rings. The fourth-order valence-electron chi connectivity index (χ4n) is 8.94. The minimum absolute atomic E-state index is 0.143. The second kappa shape index (κ2) is 9.09. The summed E-state index contributed by atoms with van der Waals surface area (Å²) in [6.45, 7) is 6.46. The fraction of sp³-hybridized carbons (Fsp3) is 0.926. The van der Waals surface area contributed by atoms with Crippen LogP contribution in [0.3, 0.4) is 0 Å². The number of fused-ring (bicyclic) bond motifs is 5. The SMILES string of the molecule is C[C@@H](O[C@@H]1O[C@H](CO)[C@H](O)[C@H](O)[C@H]1O)[C@H]1CC[C@@H]2[C@@H]3CC=C4C[C@H](O)CC[C@]4(C)[C@H]3CC[C@@]21C. The summed E-state index contributed by atoms with van der Waals surface area (Å²) in [6, 6.07) is 0. The second-order valence-corrected chi connectivity index (χ2v) is 12.4. The summed E-state index contributed by atoms with van der Waals surface area (Å²) in [4.78, 5) is 0.